The lowest BCUT2D eigenvalue weighted by Crippen LogP contribution is -2.44. The largest absolute Gasteiger partial charge is 0.282 e. The smallest absolute Gasteiger partial charge is 0.195 e. The molecule has 0 radical (unpaired) electrons. The molecule has 0 amide bonds. The third-order valence-electron chi connectivity index (χ3n) is 3.02. The van der Waals surface area contributed by atoms with Gasteiger partial charge in [-0.05, 0) is 19.8 Å². The van der Waals surface area contributed by atoms with E-state index in [-0.39, 0.29) is 0 Å². The van der Waals surface area contributed by atoms with Crippen molar-refractivity contribution < 1.29 is 8.42 Å². The molecule has 0 aromatic rings. The first kappa shape index (κ1) is 14.7. The van der Waals surface area contributed by atoms with Gasteiger partial charge in [0.1, 0.15) is 0 Å². The molecule has 17 heavy (non-hydrogen) atoms. The summed E-state index contributed by atoms with van der Waals surface area (Å²) in [5.74, 6) is 0. The summed E-state index contributed by atoms with van der Waals surface area (Å²) in [5.41, 5.74) is 0.880. The summed E-state index contributed by atoms with van der Waals surface area (Å²) < 4.78 is 28.0. The predicted octanol–water partition coefficient (Wildman–Crippen LogP) is 2.01. The maximum absolute atomic E-state index is 12.4. The fourth-order valence-corrected chi connectivity index (χ4v) is 3.85. The summed E-state index contributed by atoms with van der Waals surface area (Å²) in [7, 11) is -3.29. The Labute approximate surface area is 105 Å². The summed E-state index contributed by atoms with van der Waals surface area (Å²) in [5, 5.41) is 0. The van der Waals surface area contributed by atoms with E-state index in [2.05, 4.69) is 6.58 Å². The van der Waals surface area contributed by atoms with Gasteiger partial charge in [0, 0.05) is 26.2 Å². The number of rotatable bonds is 5. The molecule has 1 heterocycles. The molecular weight excluding hydrogens is 236 g/mol. The van der Waals surface area contributed by atoms with Crippen LogP contribution in [0.2, 0.25) is 0 Å². The second-order valence-electron chi connectivity index (χ2n) is 4.70. The van der Waals surface area contributed by atoms with Gasteiger partial charge in [0.15, 0.2) is 0 Å². The van der Waals surface area contributed by atoms with E-state index < -0.39 is 10.2 Å². The summed E-state index contributed by atoms with van der Waals surface area (Å²) >= 11 is 0. The van der Waals surface area contributed by atoms with Crippen molar-refractivity contribution in [2.24, 2.45) is 0 Å². The van der Waals surface area contributed by atoms with Gasteiger partial charge in [-0.25, -0.2) is 0 Å². The lowest BCUT2D eigenvalue weighted by Gasteiger charge is -2.28. The minimum atomic E-state index is -3.29. The van der Waals surface area contributed by atoms with Gasteiger partial charge in [-0.2, -0.15) is 17.0 Å². The van der Waals surface area contributed by atoms with Crippen molar-refractivity contribution >= 4 is 10.2 Å². The Balaban J connectivity index is 2.78. The van der Waals surface area contributed by atoms with Crippen molar-refractivity contribution in [1.29, 1.82) is 0 Å². The van der Waals surface area contributed by atoms with Crippen LogP contribution < -0.4 is 0 Å². The normalized spacial score (nSPS) is 19.2. The third kappa shape index (κ3) is 4.08. The minimum absolute atomic E-state index is 0.426. The van der Waals surface area contributed by atoms with Gasteiger partial charge in [0.05, 0.1) is 0 Å². The van der Waals surface area contributed by atoms with E-state index in [0.29, 0.717) is 26.2 Å². The maximum atomic E-state index is 12.4. The molecule has 4 nitrogen and oxygen atoms in total. The monoisotopic (exact) mass is 260 g/mol. The molecular formula is C12H24N2O2S. The highest BCUT2D eigenvalue weighted by molar-refractivity contribution is 7.86. The molecule has 1 saturated heterocycles. The van der Waals surface area contributed by atoms with E-state index in [1.54, 1.807) is 4.31 Å². The SMILES string of the molecule is C=C(C)CN(CC)S(=O)(=O)N1CCCCCC1. The van der Waals surface area contributed by atoms with Crippen molar-refractivity contribution in [1.82, 2.24) is 8.61 Å². The number of hydrogen-bond donors (Lipinski definition) is 0. The lowest BCUT2D eigenvalue weighted by molar-refractivity contribution is 0.357. The molecule has 5 heteroatoms. The Morgan fingerprint density at radius 3 is 2.18 bits per heavy atom. The van der Waals surface area contributed by atoms with E-state index in [4.69, 9.17) is 0 Å². The first-order valence-corrected chi connectivity index (χ1v) is 7.77. The van der Waals surface area contributed by atoms with Crippen molar-refractivity contribution in [3.05, 3.63) is 12.2 Å². The first-order valence-electron chi connectivity index (χ1n) is 6.38. The summed E-state index contributed by atoms with van der Waals surface area (Å²) in [6, 6.07) is 0. The Bertz CT molecular complexity index is 344. The van der Waals surface area contributed by atoms with Crippen LogP contribution in [0.5, 0.6) is 0 Å². The van der Waals surface area contributed by atoms with Crippen LogP contribution in [0.1, 0.15) is 39.5 Å². The molecule has 0 spiro atoms. The highest BCUT2D eigenvalue weighted by atomic mass is 32.2. The van der Waals surface area contributed by atoms with Crippen LogP contribution in [0.3, 0.4) is 0 Å². The average molecular weight is 260 g/mol. The topological polar surface area (TPSA) is 40.6 Å². The number of likely N-dealkylation sites (N-methyl/N-ethyl adjacent to an activating group) is 1. The summed E-state index contributed by atoms with van der Waals surface area (Å²) in [6.45, 7) is 9.79. The first-order chi connectivity index (χ1) is 7.98. The van der Waals surface area contributed by atoms with Crippen LogP contribution in [0.25, 0.3) is 0 Å². The van der Waals surface area contributed by atoms with Gasteiger partial charge in [-0.1, -0.05) is 31.9 Å². The quantitative estimate of drug-likeness (QED) is 0.709. The van der Waals surface area contributed by atoms with Crippen LogP contribution in [0, 0.1) is 0 Å². The van der Waals surface area contributed by atoms with Crippen LogP contribution in [-0.4, -0.2) is 43.2 Å². The highest BCUT2D eigenvalue weighted by Gasteiger charge is 2.28. The van der Waals surface area contributed by atoms with Crippen LogP contribution >= 0.6 is 0 Å². The third-order valence-corrected chi connectivity index (χ3v) is 5.07. The summed E-state index contributed by atoms with van der Waals surface area (Å²) in [4.78, 5) is 0. The molecule has 1 aliphatic rings. The molecule has 0 unspecified atom stereocenters. The Hall–Kier alpha value is -0.390. The molecule has 1 aliphatic heterocycles. The molecule has 0 saturated carbocycles. The molecule has 1 fully saturated rings. The maximum Gasteiger partial charge on any atom is 0.282 e. The van der Waals surface area contributed by atoms with Crippen LogP contribution in [-0.2, 0) is 10.2 Å². The molecule has 1 rings (SSSR count). The average Bonchev–Trinajstić information content (AvgIpc) is 2.54. The van der Waals surface area contributed by atoms with E-state index in [1.165, 1.54) is 4.31 Å². The summed E-state index contributed by atoms with van der Waals surface area (Å²) in [6.07, 6.45) is 4.23. The second-order valence-corrected chi connectivity index (χ2v) is 6.63. The molecule has 100 valence electrons. The minimum Gasteiger partial charge on any atom is -0.195 e. The fraction of sp³-hybridized carbons (Fsp3) is 0.833. The highest BCUT2D eigenvalue weighted by Crippen LogP contribution is 2.16. The molecule has 0 aromatic carbocycles. The van der Waals surface area contributed by atoms with Gasteiger partial charge in [-0.3, -0.25) is 0 Å². The molecule has 0 atom stereocenters. The Morgan fingerprint density at radius 2 is 1.76 bits per heavy atom. The predicted molar refractivity (Wildman–Crippen MR) is 71.0 cm³/mol. The van der Waals surface area contributed by atoms with Crippen LogP contribution in [0.4, 0.5) is 0 Å². The van der Waals surface area contributed by atoms with E-state index in [0.717, 1.165) is 31.3 Å². The molecule has 0 aromatic heterocycles. The zero-order valence-electron chi connectivity index (χ0n) is 11.0. The van der Waals surface area contributed by atoms with E-state index in [9.17, 15) is 8.42 Å². The van der Waals surface area contributed by atoms with Crippen molar-refractivity contribution in [3.8, 4) is 0 Å². The molecule has 0 bridgehead atoms. The Morgan fingerprint density at radius 1 is 1.24 bits per heavy atom. The van der Waals surface area contributed by atoms with Crippen molar-refractivity contribution in [2.75, 3.05) is 26.2 Å². The van der Waals surface area contributed by atoms with Gasteiger partial charge < -0.3 is 0 Å². The number of nitrogens with zero attached hydrogens (tertiary/aromatic N) is 2. The molecule has 0 aliphatic carbocycles. The fourth-order valence-electron chi connectivity index (χ4n) is 2.09. The molecule has 0 N–H and O–H groups in total. The van der Waals surface area contributed by atoms with Gasteiger partial charge in [0.2, 0.25) is 0 Å². The van der Waals surface area contributed by atoms with Crippen molar-refractivity contribution in [2.45, 2.75) is 39.5 Å². The second kappa shape index (κ2) is 6.52. The van der Waals surface area contributed by atoms with E-state index >= 15 is 0 Å². The van der Waals surface area contributed by atoms with Crippen molar-refractivity contribution in [3.63, 3.8) is 0 Å². The Kier molecular flexibility index (Phi) is 5.62. The zero-order valence-corrected chi connectivity index (χ0v) is 11.8. The van der Waals surface area contributed by atoms with Crippen LogP contribution in [0.15, 0.2) is 12.2 Å². The van der Waals surface area contributed by atoms with Gasteiger partial charge >= 0.3 is 0 Å². The van der Waals surface area contributed by atoms with E-state index in [1.807, 2.05) is 13.8 Å². The lowest BCUT2D eigenvalue weighted by atomic mass is 10.2. The van der Waals surface area contributed by atoms with Gasteiger partial charge in [0.25, 0.3) is 10.2 Å². The standard InChI is InChI=1S/C12H24N2O2S/c1-4-13(11-12(2)3)17(15,16)14-9-7-5-6-8-10-14/h2,4-11H2,1,3H3. The zero-order chi connectivity index (χ0) is 12.9. The number of hydrogen-bond acceptors (Lipinski definition) is 2. The van der Waals surface area contributed by atoms with Gasteiger partial charge in [-0.15, -0.1) is 0 Å².